The van der Waals surface area contributed by atoms with Crippen molar-refractivity contribution in [2.45, 2.75) is 37.1 Å². The van der Waals surface area contributed by atoms with Gasteiger partial charge in [0.15, 0.2) is 0 Å². The standard InChI is InChI=1S/C12H17NO3S.Na/c1-8-12(2,3)10-7-9(17(14,15)16)5-6-11(10)13(8)4;/h5-8H,1-4H3,(H,14,15,16);/q;+1/p-1. The van der Waals surface area contributed by atoms with E-state index in [0.29, 0.717) is 0 Å². The molecule has 1 aromatic rings. The Morgan fingerprint density at radius 2 is 1.89 bits per heavy atom. The Morgan fingerprint density at radius 1 is 1.33 bits per heavy atom. The summed E-state index contributed by atoms with van der Waals surface area (Å²) >= 11 is 0. The number of hydrogen-bond acceptors (Lipinski definition) is 4. The zero-order valence-corrected chi connectivity index (χ0v) is 14.2. The Kier molecular flexibility index (Phi) is 4.26. The largest absolute Gasteiger partial charge is 1.00 e. The first kappa shape index (κ1) is 16.0. The Bertz CT molecular complexity index is 569. The molecule has 1 atom stereocenters. The number of anilines is 1. The number of nitrogens with zero attached hydrogens (tertiary/aromatic N) is 1. The molecular weight excluding hydrogens is 261 g/mol. The summed E-state index contributed by atoms with van der Waals surface area (Å²) in [6, 6.07) is 4.87. The fourth-order valence-electron chi connectivity index (χ4n) is 2.41. The molecule has 0 amide bonds. The Balaban J connectivity index is 0.00000162. The van der Waals surface area contributed by atoms with Gasteiger partial charge in [0, 0.05) is 24.2 Å². The fourth-order valence-corrected chi connectivity index (χ4v) is 2.91. The van der Waals surface area contributed by atoms with Gasteiger partial charge in [-0.2, -0.15) is 0 Å². The summed E-state index contributed by atoms with van der Waals surface area (Å²) < 4.78 is 33.1. The summed E-state index contributed by atoms with van der Waals surface area (Å²) in [7, 11) is -2.40. The van der Waals surface area contributed by atoms with Gasteiger partial charge in [0.2, 0.25) is 0 Å². The summed E-state index contributed by atoms with van der Waals surface area (Å²) in [6.07, 6.45) is 0. The van der Waals surface area contributed by atoms with Crippen molar-refractivity contribution in [2.75, 3.05) is 11.9 Å². The van der Waals surface area contributed by atoms with Crippen molar-refractivity contribution < 1.29 is 42.5 Å². The minimum Gasteiger partial charge on any atom is -0.744 e. The molecule has 18 heavy (non-hydrogen) atoms. The third-order valence-corrected chi connectivity index (χ3v) is 4.79. The molecule has 0 aliphatic carbocycles. The molecule has 0 bridgehead atoms. The predicted octanol–water partition coefficient (Wildman–Crippen LogP) is -1.29. The van der Waals surface area contributed by atoms with E-state index in [-0.39, 0.29) is 45.9 Å². The summed E-state index contributed by atoms with van der Waals surface area (Å²) in [5.74, 6) is 0. The van der Waals surface area contributed by atoms with Crippen LogP contribution < -0.4 is 34.5 Å². The third kappa shape index (κ3) is 2.34. The molecule has 94 valence electrons. The van der Waals surface area contributed by atoms with Gasteiger partial charge in [-0.3, -0.25) is 0 Å². The first-order valence-electron chi connectivity index (χ1n) is 5.49. The third-order valence-electron chi connectivity index (χ3n) is 3.96. The summed E-state index contributed by atoms with van der Waals surface area (Å²) in [5.41, 5.74) is 1.75. The van der Waals surface area contributed by atoms with Crippen molar-refractivity contribution in [3.05, 3.63) is 23.8 Å². The van der Waals surface area contributed by atoms with Gasteiger partial charge in [0.25, 0.3) is 0 Å². The molecule has 6 heteroatoms. The summed E-state index contributed by atoms with van der Waals surface area (Å²) in [6.45, 7) is 6.20. The van der Waals surface area contributed by atoms with Crippen molar-refractivity contribution in [1.82, 2.24) is 0 Å². The van der Waals surface area contributed by atoms with Gasteiger partial charge in [0.05, 0.1) is 4.90 Å². The van der Waals surface area contributed by atoms with Crippen molar-refractivity contribution in [3.63, 3.8) is 0 Å². The molecule has 0 saturated carbocycles. The van der Waals surface area contributed by atoms with Crippen LogP contribution in [0.25, 0.3) is 0 Å². The normalized spacial score (nSPS) is 21.4. The SMILES string of the molecule is CC1N(C)c2ccc(S(=O)(=O)[O-])cc2C1(C)C.[Na+]. The van der Waals surface area contributed by atoms with Crippen molar-refractivity contribution in [2.24, 2.45) is 0 Å². The zero-order valence-electron chi connectivity index (χ0n) is 11.4. The zero-order chi connectivity index (χ0) is 13.0. The Morgan fingerprint density at radius 3 is 2.39 bits per heavy atom. The Labute approximate surface area is 130 Å². The van der Waals surface area contributed by atoms with Crippen LogP contribution in [0.4, 0.5) is 5.69 Å². The van der Waals surface area contributed by atoms with Crippen LogP contribution >= 0.6 is 0 Å². The van der Waals surface area contributed by atoms with E-state index in [1.54, 1.807) is 6.07 Å². The monoisotopic (exact) mass is 277 g/mol. The van der Waals surface area contributed by atoms with Crippen LogP contribution in [-0.2, 0) is 15.5 Å². The molecule has 1 aromatic carbocycles. The molecule has 0 saturated heterocycles. The molecule has 0 radical (unpaired) electrons. The van der Waals surface area contributed by atoms with Gasteiger partial charge < -0.3 is 9.45 Å². The molecular formula is C12H16NNaO3S. The van der Waals surface area contributed by atoms with Gasteiger partial charge in [0.1, 0.15) is 10.1 Å². The van der Waals surface area contributed by atoms with E-state index >= 15 is 0 Å². The van der Waals surface area contributed by atoms with Crippen molar-refractivity contribution in [3.8, 4) is 0 Å². The minimum atomic E-state index is -4.38. The second-order valence-electron chi connectivity index (χ2n) is 5.14. The molecule has 2 rings (SSSR count). The summed E-state index contributed by atoms with van der Waals surface area (Å²) in [4.78, 5) is 1.96. The minimum absolute atomic E-state index is 0. The number of rotatable bonds is 1. The maximum atomic E-state index is 11.0. The smallest absolute Gasteiger partial charge is 0.744 e. The molecule has 1 heterocycles. The van der Waals surface area contributed by atoms with Crippen LogP contribution in [0.5, 0.6) is 0 Å². The molecule has 0 N–H and O–H groups in total. The van der Waals surface area contributed by atoms with Crippen LogP contribution in [0.3, 0.4) is 0 Å². The Hall–Kier alpha value is -0.0700. The maximum absolute atomic E-state index is 11.0. The van der Waals surface area contributed by atoms with Crippen LogP contribution in [0.1, 0.15) is 26.3 Å². The van der Waals surface area contributed by atoms with E-state index in [4.69, 9.17) is 0 Å². The molecule has 0 fully saturated rings. The molecule has 0 aromatic heterocycles. The van der Waals surface area contributed by atoms with Crippen LogP contribution in [-0.4, -0.2) is 26.1 Å². The van der Waals surface area contributed by atoms with Crippen LogP contribution in [0, 0.1) is 0 Å². The van der Waals surface area contributed by atoms with E-state index in [9.17, 15) is 13.0 Å². The summed E-state index contributed by atoms with van der Waals surface area (Å²) in [5, 5.41) is 0. The number of hydrogen-bond donors (Lipinski definition) is 0. The number of likely N-dealkylation sites (N-methyl/N-ethyl adjacent to an activating group) is 1. The topological polar surface area (TPSA) is 60.4 Å². The first-order chi connectivity index (χ1) is 7.65. The quantitative estimate of drug-likeness (QED) is 0.473. The van der Waals surface area contributed by atoms with Gasteiger partial charge in [-0.1, -0.05) is 13.8 Å². The molecule has 0 spiro atoms. The van der Waals surface area contributed by atoms with Gasteiger partial charge in [-0.15, -0.1) is 0 Å². The molecule has 1 aliphatic rings. The maximum Gasteiger partial charge on any atom is 1.00 e. The molecule has 1 aliphatic heterocycles. The first-order valence-corrected chi connectivity index (χ1v) is 6.90. The average molecular weight is 277 g/mol. The van der Waals surface area contributed by atoms with E-state index in [2.05, 4.69) is 25.7 Å². The number of benzene rings is 1. The molecule has 1 unspecified atom stereocenters. The van der Waals surface area contributed by atoms with E-state index < -0.39 is 10.1 Å². The van der Waals surface area contributed by atoms with E-state index in [1.165, 1.54) is 12.1 Å². The van der Waals surface area contributed by atoms with Gasteiger partial charge >= 0.3 is 29.6 Å². The van der Waals surface area contributed by atoms with Gasteiger partial charge in [-0.05, 0) is 30.7 Å². The van der Waals surface area contributed by atoms with Crippen LogP contribution in [0.2, 0.25) is 0 Å². The van der Waals surface area contributed by atoms with Crippen molar-refractivity contribution in [1.29, 1.82) is 0 Å². The molecule has 4 nitrogen and oxygen atoms in total. The fraction of sp³-hybridized carbons (Fsp3) is 0.500. The van der Waals surface area contributed by atoms with E-state index in [1.807, 2.05) is 7.05 Å². The second kappa shape index (κ2) is 4.80. The van der Waals surface area contributed by atoms with Crippen molar-refractivity contribution >= 4 is 15.8 Å². The van der Waals surface area contributed by atoms with Gasteiger partial charge in [-0.25, -0.2) is 8.42 Å². The predicted molar refractivity (Wildman–Crippen MR) is 65.3 cm³/mol. The average Bonchev–Trinajstić information content (AvgIpc) is 2.39. The van der Waals surface area contributed by atoms with E-state index in [0.717, 1.165) is 11.3 Å². The van der Waals surface area contributed by atoms with Crippen LogP contribution in [0.15, 0.2) is 23.1 Å². The number of fused-ring (bicyclic) bond motifs is 1. The second-order valence-corrected chi connectivity index (χ2v) is 6.52.